The maximum atomic E-state index is 12.1. The Kier molecular flexibility index (Phi) is 3.14. The Morgan fingerprint density at radius 2 is 2.22 bits per heavy atom. The molecule has 1 aromatic rings. The minimum absolute atomic E-state index is 0.0166. The fourth-order valence-corrected chi connectivity index (χ4v) is 3.10. The average molecular weight is 279 g/mol. The molecule has 2 heterocycles. The smallest absolute Gasteiger partial charge is 0.278 e. The summed E-state index contributed by atoms with van der Waals surface area (Å²) in [5, 5.41) is 1.46. The third-order valence-corrected chi connectivity index (χ3v) is 4.27. The molecule has 0 radical (unpaired) electrons. The van der Waals surface area contributed by atoms with Crippen LogP contribution in [0.2, 0.25) is 5.02 Å². The van der Waals surface area contributed by atoms with Crippen molar-refractivity contribution in [2.24, 2.45) is 4.99 Å². The fourth-order valence-electron chi connectivity index (χ4n) is 1.96. The number of amidine groups is 1. The first-order valence-electron chi connectivity index (χ1n) is 5.75. The van der Waals surface area contributed by atoms with Gasteiger partial charge in [0.25, 0.3) is 5.91 Å². The Morgan fingerprint density at radius 1 is 1.39 bits per heavy atom. The van der Waals surface area contributed by atoms with E-state index in [9.17, 15) is 4.79 Å². The van der Waals surface area contributed by atoms with Crippen molar-refractivity contribution in [3.8, 4) is 0 Å². The number of fused-ring (bicyclic) bond motifs is 1. The van der Waals surface area contributed by atoms with E-state index in [4.69, 9.17) is 11.6 Å². The van der Waals surface area contributed by atoms with Gasteiger partial charge in [0.1, 0.15) is 5.70 Å². The highest BCUT2D eigenvalue weighted by Gasteiger charge is 2.32. The molecule has 0 bridgehead atoms. The van der Waals surface area contributed by atoms with E-state index >= 15 is 0 Å². The monoisotopic (exact) mass is 278 g/mol. The molecule has 1 amide bonds. The minimum atomic E-state index is -0.0166. The van der Waals surface area contributed by atoms with Crippen molar-refractivity contribution in [3.05, 3.63) is 40.5 Å². The summed E-state index contributed by atoms with van der Waals surface area (Å²) in [4.78, 5) is 18.3. The number of hydrogen-bond acceptors (Lipinski definition) is 3. The van der Waals surface area contributed by atoms with E-state index in [2.05, 4.69) is 4.99 Å². The number of carbonyl (C=O) groups is 1. The molecule has 2 aliphatic heterocycles. The van der Waals surface area contributed by atoms with Crippen molar-refractivity contribution in [1.29, 1.82) is 0 Å². The van der Waals surface area contributed by atoms with E-state index in [1.165, 1.54) is 0 Å². The van der Waals surface area contributed by atoms with Gasteiger partial charge in [-0.05, 0) is 24.1 Å². The van der Waals surface area contributed by atoms with Crippen LogP contribution >= 0.6 is 23.4 Å². The first kappa shape index (κ1) is 11.8. The second-order valence-electron chi connectivity index (χ2n) is 4.10. The molecule has 0 N–H and O–H groups in total. The highest BCUT2D eigenvalue weighted by Crippen LogP contribution is 2.28. The van der Waals surface area contributed by atoms with E-state index in [0.717, 1.165) is 29.4 Å². The normalized spacial score (nSPS) is 21.2. The largest absolute Gasteiger partial charge is 0.286 e. The molecule has 92 valence electrons. The number of halogens is 1. The number of aliphatic imine (C=N–C) groups is 1. The average Bonchev–Trinajstić information content (AvgIpc) is 2.70. The van der Waals surface area contributed by atoms with Crippen LogP contribution in [0.25, 0.3) is 6.08 Å². The Morgan fingerprint density at radius 3 is 3.00 bits per heavy atom. The van der Waals surface area contributed by atoms with Gasteiger partial charge in [-0.15, -0.1) is 0 Å². The van der Waals surface area contributed by atoms with Gasteiger partial charge in [0.05, 0.1) is 0 Å². The van der Waals surface area contributed by atoms with Gasteiger partial charge in [-0.25, -0.2) is 4.99 Å². The van der Waals surface area contributed by atoms with Crippen LogP contribution in [0.3, 0.4) is 0 Å². The van der Waals surface area contributed by atoms with Gasteiger partial charge in [0.2, 0.25) is 0 Å². The molecular weight excluding hydrogens is 268 g/mol. The number of thioether (sulfide) groups is 1. The Balaban J connectivity index is 1.96. The summed E-state index contributed by atoms with van der Waals surface area (Å²) in [5.41, 5.74) is 1.31. The predicted molar refractivity (Wildman–Crippen MR) is 75.7 cm³/mol. The van der Waals surface area contributed by atoms with Crippen molar-refractivity contribution in [3.63, 3.8) is 0 Å². The molecule has 2 aliphatic rings. The number of amides is 1. The first-order valence-corrected chi connectivity index (χ1v) is 7.11. The summed E-state index contributed by atoms with van der Waals surface area (Å²) in [6.45, 7) is 0.768. The van der Waals surface area contributed by atoms with Gasteiger partial charge in [0, 0.05) is 17.3 Å². The van der Waals surface area contributed by atoms with Crippen LogP contribution in [-0.2, 0) is 4.79 Å². The van der Waals surface area contributed by atoms with Gasteiger partial charge in [-0.3, -0.25) is 9.69 Å². The SMILES string of the molecule is O=C1/C(=C\c2ccccc2Cl)N=C2SCCCN12. The molecule has 18 heavy (non-hydrogen) atoms. The molecule has 1 aromatic carbocycles. The van der Waals surface area contributed by atoms with Crippen LogP contribution in [0.15, 0.2) is 35.0 Å². The number of benzene rings is 1. The number of carbonyl (C=O) groups excluding carboxylic acids is 1. The molecule has 0 atom stereocenters. The summed E-state index contributed by atoms with van der Waals surface area (Å²) in [6, 6.07) is 7.45. The molecule has 0 saturated carbocycles. The molecule has 5 heteroatoms. The highest BCUT2D eigenvalue weighted by molar-refractivity contribution is 8.13. The molecule has 3 rings (SSSR count). The number of rotatable bonds is 1. The molecule has 0 unspecified atom stereocenters. The summed E-state index contributed by atoms with van der Waals surface area (Å²) in [5.74, 6) is 1.01. The second-order valence-corrected chi connectivity index (χ2v) is 5.57. The lowest BCUT2D eigenvalue weighted by molar-refractivity contribution is -0.122. The van der Waals surface area contributed by atoms with E-state index in [-0.39, 0.29) is 5.91 Å². The van der Waals surface area contributed by atoms with E-state index in [1.807, 2.05) is 24.3 Å². The lowest BCUT2D eigenvalue weighted by Crippen LogP contribution is -2.34. The Hall–Kier alpha value is -1.26. The molecule has 3 nitrogen and oxygen atoms in total. The lowest BCUT2D eigenvalue weighted by Gasteiger charge is -2.21. The van der Waals surface area contributed by atoms with E-state index in [1.54, 1.807) is 22.7 Å². The van der Waals surface area contributed by atoms with E-state index < -0.39 is 0 Å². The molecule has 0 aliphatic carbocycles. The third-order valence-electron chi connectivity index (χ3n) is 2.87. The van der Waals surface area contributed by atoms with Gasteiger partial charge in [-0.2, -0.15) is 0 Å². The van der Waals surface area contributed by atoms with Crippen LogP contribution in [-0.4, -0.2) is 28.3 Å². The molecule has 0 aromatic heterocycles. The van der Waals surface area contributed by atoms with Crippen molar-refractivity contribution >= 4 is 40.5 Å². The molecule has 1 saturated heterocycles. The van der Waals surface area contributed by atoms with Crippen LogP contribution in [0.5, 0.6) is 0 Å². The standard InChI is InChI=1S/C13H11ClN2OS/c14-10-5-2-1-4-9(10)8-11-12(17)16-6-3-7-18-13(16)15-11/h1-2,4-5,8H,3,6-7H2/b11-8+. The van der Waals surface area contributed by atoms with Gasteiger partial charge in [0.15, 0.2) is 5.17 Å². The third kappa shape index (κ3) is 2.06. The minimum Gasteiger partial charge on any atom is -0.286 e. The maximum absolute atomic E-state index is 12.1. The quantitative estimate of drug-likeness (QED) is 0.740. The first-order chi connectivity index (χ1) is 8.75. The lowest BCUT2D eigenvalue weighted by atomic mass is 10.2. The summed E-state index contributed by atoms with van der Waals surface area (Å²) in [6.07, 6.45) is 2.78. The zero-order valence-corrected chi connectivity index (χ0v) is 11.2. The zero-order valence-electron chi connectivity index (χ0n) is 9.60. The molecular formula is C13H11ClN2OS. The zero-order chi connectivity index (χ0) is 12.5. The summed E-state index contributed by atoms with van der Waals surface area (Å²) >= 11 is 7.72. The van der Waals surface area contributed by atoms with E-state index in [0.29, 0.717) is 10.7 Å². The molecule has 0 spiro atoms. The van der Waals surface area contributed by atoms with Crippen molar-refractivity contribution in [2.45, 2.75) is 6.42 Å². The van der Waals surface area contributed by atoms with Crippen LogP contribution in [0.1, 0.15) is 12.0 Å². The number of nitrogens with zero attached hydrogens (tertiary/aromatic N) is 2. The Bertz CT molecular complexity index is 568. The summed E-state index contributed by atoms with van der Waals surface area (Å²) in [7, 11) is 0. The van der Waals surface area contributed by atoms with Crippen LogP contribution in [0.4, 0.5) is 0 Å². The Labute approximate surface area is 115 Å². The molecule has 1 fully saturated rings. The van der Waals surface area contributed by atoms with Crippen molar-refractivity contribution in [2.75, 3.05) is 12.3 Å². The topological polar surface area (TPSA) is 32.7 Å². The van der Waals surface area contributed by atoms with Crippen molar-refractivity contribution < 1.29 is 4.79 Å². The van der Waals surface area contributed by atoms with Gasteiger partial charge in [-0.1, -0.05) is 41.6 Å². The second kappa shape index (κ2) is 4.78. The fraction of sp³-hybridized carbons (Fsp3) is 0.231. The number of hydrogen-bond donors (Lipinski definition) is 0. The van der Waals surface area contributed by atoms with Gasteiger partial charge < -0.3 is 0 Å². The summed E-state index contributed by atoms with van der Waals surface area (Å²) < 4.78 is 0. The highest BCUT2D eigenvalue weighted by atomic mass is 35.5. The maximum Gasteiger partial charge on any atom is 0.278 e. The van der Waals surface area contributed by atoms with Crippen LogP contribution < -0.4 is 0 Å². The predicted octanol–water partition coefficient (Wildman–Crippen LogP) is 3.02. The van der Waals surface area contributed by atoms with Crippen LogP contribution in [0, 0.1) is 0 Å². The van der Waals surface area contributed by atoms with Gasteiger partial charge >= 0.3 is 0 Å². The van der Waals surface area contributed by atoms with Crippen molar-refractivity contribution in [1.82, 2.24) is 4.90 Å².